The Kier molecular flexibility index (Phi) is 1.74. The molecule has 0 fully saturated rings. The Hall–Kier alpha value is -0.730. The molecule has 1 N–H and O–H groups in total. The zero-order valence-electron chi connectivity index (χ0n) is 6.47. The number of benzene rings is 1. The van der Waals surface area contributed by atoms with Crippen molar-refractivity contribution >= 4 is 33.0 Å². The van der Waals surface area contributed by atoms with Crippen molar-refractivity contribution in [1.82, 2.24) is 0 Å². The Labute approximate surface area is 79.2 Å². The number of rotatable bonds is 0. The molecule has 0 radical (unpaired) electrons. The first-order chi connectivity index (χ1) is 5.70. The normalized spacial score (nSPS) is 10.8. The van der Waals surface area contributed by atoms with Crippen LogP contribution in [-0.2, 0) is 0 Å². The van der Waals surface area contributed by atoms with E-state index in [1.807, 2.05) is 18.4 Å². The number of phenols is 1. The third-order valence-electron chi connectivity index (χ3n) is 1.90. The number of hydrogen-bond acceptors (Lipinski definition) is 2. The Bertz CT molecular complexity index is 433. The molecule has 1 nitrogen and oxygen atoms in total. The van der Waals surface area contributed by atoms with Crippen LogP contribution in [0.4, 0.5) is 0 Å². The Morgan fingerprint density at radius 3 is 3.00 bits per heavy atom. The summed E-state index contributed by atoms with van der Waals surface area (Å²) in [5.41, 5.74) is 0.756. The van der Waals surface area contributed by atoms with Gasteiger partial charge in [0.2, 0.25) is 0 Å². The van der Waals surface area contributed by atoms with Crippen LogP contribution in [0.3, 0.4) is 0 Å². The lowest BCUT2D eigenvalue weighted by Crippen LogP contribution is -1.76. The lowest BCUT2D eigenvalue weighted by Gasteiger charge is -2.01. The zero-order valence-corrected chi connectivity index (χ0v) is 8.04. The van der Waals surface area contributed by atoms with Crippen LogP contribution in [0.1, 0.15) is 5.56 Å². The fraction of sp³-hybridized carbons (Fsp3) is 0.111. The van der Waals surface area contributed by atoms with E-state index in [1.54, 1.807) is 17.4 Å². The molecular weight excluding hydrogens is 192 g/mol. The molecule has 2 aromatic rings. The second kappa shape index (κ2) is 2.64. The maximum absolute atomic E-state index is 9.44. The van der Waals surface area contributed by atoms with Gasteiger partial charge in [0.1, 0.15) is 5.75 Å². The van der Waals surface area contributed by atoms with E-state index in [0.29, 0.717) is 5.02 Å². The van der Waals surface area contributed by atoms with Crippen molar-refractivity contribution in [2.45, 2.75) is 6.92 Å². The number of aromatic hydroxyl groups is 1. The number of hydrogen-bond donors (Lipinski definition) is 1. The zero-order chi connectivity index (χ0) is 8.72. The van der Waals surface area contributed by atoms with Crippen LogP contribution < -0.4 is 0 Å². The third kappa shape index (κ3) is 0.993. The van der Waals surface area contributed by atoms with Gasteiger partial charge >= 0.3 is 0 Å². The van der Waals surface area contributed by atoms with Crippen LogP contribution in [0, 0.1) is 6.92 Å². The van der Waals surface area contributed by atoms with Crippen LogP contribution >= 0.6 is 22.9 Å². The number of halogens is 1. The van der Waals surface area contributed by atoms with E-state index in [0.717, 1.165) is 15.6 Å². The van der Waals surface area contributed by atoms with Gasteiger partial charge in [-0.05, 0) is 29.8 Å². The topological polar surface area (TPSA) is 20.2 Å². The Morgan fingerprint density at radius 1 is 1.50 bits per heavy atom. The van der Waals surface area contributed by atoms with Crippen LogP contribution in [0.2, 0.25) is 5.02 Å². The largest absolute Gasteiger partial charge is 0.508 e. The molecule has 0 saturated carbocycles. The molecule has 0 amide bonds. The monoisotopic (exact) mass is 198 g/mol. The molecule has 0 bridgehead atoms. The van der Waals surface area contributed by atoms with Gasteiger partial charge in [0.05, 0.1) is 9.72 Å². The molecule has 0 aliphatic rings. The van der Waals surface area contributed by atoms with Gasteiger partial charge in [-0.2, -0.15) is 0 Å². The highest BCUT2D eigenvalue weighted by atomic mass is 35.5. The van der Waals surface area contributed by atoms with Crippen molar-refractivity contribution < 1.29 is 5.11 Å². The van der Waals surface area contributed by atoms with Gasteiger partial charge in [0.25, 0.3) is 0 Å². The summed E-state index contributed by atoms with van der Waals surface area (Å²) in [7, 11) is 0. The van der Waals surface area contributed by atoms with Crippen LogP contribution in [0.5, 0.6) is 5.75 Å². The Morgan fingerprint density at radius 2 is 2.25 bits per heavy atom. The molecule has 1 aromatic heterocycles. The molecule has 3 heteroatoms. The molecule has 0 aliphatic carbocycles. The molecule has 0 spiro atoms. The maximum Gasteiger partial charge on any atom is 0.120 e. The van der Waals surface area contributed by atoms with Gasteiger partial charge in [-0.15, -0.1) is 11.3 Å². The highest BCUT2D eigenvalue weighted by Crippen LogP contribution is 2.36. The van der Waals surface area contributed by atoms with E-state index in [1.165, 1.54) is 0 Å². The molecule has 0 atom stereocenters. The third-order valence-corrected chi connectivity index (χ3v) is 3.43. The SMILES string of the molecule is Cc1c(O)cc2ccsc2c1Cl. The van der Waals surface area contributed by atoms with Crippen molar-refractivity contribution in [3.63, 3.8) is 0 Å². The minimum Gasteiger partial charge on any atom is -0.508 e. The van der Waals surface area contributed by atoms with Gasteiger partial charge in [-0.1, -0.05) is 11.6 Å². The summed E-state index contributed by atoms with van der Waals surface area (Å²) in [5.74, 6) is 0.269. The minimum absolute atomic E-state index is 0.269. The first-order valence-electron chi connectivity index (χ1n) is 3.55. The molecule has 1 aromatic carbocycles. The van der Waals surface area contributed by atoms with Crippen LogP contribution in [-0.4, -0.2) is 5.11 Å². The lowest BCUT2D eigenvalue weighted by atomic mass is 10.2. The van der Waals surface area contributed by atoms with E-state index in [-0.39, 0.29) is 5.75 Å². The number of phenolic OH excluding ortho intramolecular Hbond substituents is 1. The van der Waals surface area contributed by atoms with E-state index in [4.69, 9.17) is 11.6 Å². The summed E-state index contributed by atoms with van der Waals surface area (Å²) < 4.78 is 1.05. The van der Waals surface area contributed by atoms with Crippen molar-refractivity contribution in [3.8, 4) is 5.75 Å². The van der Waals surface area contributed by atoms with Crippen molar-refractivity contribution in [3.05, 3.63) is 28.1 Å². The fourth-order valence-corrected chi connectivity index (χ4v) is 2.36. The van der Waals surface area contributed by atoms with Crippen LogP contribution in [0.25, 0.3) is 10.1 Å². The molecule has 2 rings (SSSR count). The predicted molar refractivity (Wildman–Crippen MR) is 53.2 cm³/mol. The highest BCUT2D eigenvalue weighted by Gasteiger charge is 2.07. The molecule has 1 heterocycles. The molecule has 62 valence electrons. The predicted octanol–water partition coefficient (Wildman–Crippen LogP) is 3.57. The first kappa shape index (κ1) is 7.90. The van der Waals surface area contributed by atoms with E-state index in [9.17, 15) is 5.11 Å². The molecular formula is C9H7ClOS. The summed E-state index contributed by atoms with van der Waals surface area (Å²) in [5, 5.41) is 13.1. The summed E-state index contributed by atoms with van der Waals surface area (Å²) in [6, 6.07) is 3.69. The minimum atomic E-state index is 0.269. The first-order valence-corrected chi connectivity index (χ1v) is 4.81. The number of thiophene rings is 1. The summed E-state index contributed by atoms with van der Waals surface area (Å²) in [4.78, 5) is 0. The average molecular weight is 199 g/mol. The van der Waals surface area contributed by atoms with Gasteiger partial charge in [-0.3, -0.25) is 0 Å². The smallest absolute Gasteiger partial charge is 0.120 e. The van der Waals surface area contributed by atoms with Gasteiger partial charge in [-0.25, -0.2) is 0 Å². The molecule has 0 aliphatic heterocycles. The van der Waals surface area contributed by atoms with E-state index in [2.05, 4.69) is 0 Å². The van der Waals surface area contributed by atoms with Gasteiger partial charge in [0.15, 0.2) is 0 Å². The molecule has 0 unspecified atom stereocenters. The summed E-state index contributed by atoms with van der Waals surface area (Å²) >= 11 is 7.62. The number of fused-ring (bicyclic) bond motifs is 1. The standard InChI is InChI=1S/C9H7ClOS/c1-5-7(11)4-6-2-3-12-9(6)8(5)10/h2-4,11H,1H3. The summed E-state index contributed by atoms with van der Waals surface area (Å²) in [6.45, 7) is 1.82. The van der Waals surface area contributed by atoms with Crippen LogP contribution in [0.15, 0.2) is 17.5 Å². The molecule has 12 heavy (non-hydrogen) atoms. The lowest BCUT2D eigenvalue weighted by molar-refractivity contribution is 0.472. The fourth-order valence-electron chi connectivity index (χ4n) is 1.15. The second-order valence-corrected chi connectivity index (χ2v) is 3.97. The highest BCUT2D eigenvalue weighted by molar-refractivity contribution is 7.17. The van der Waals surface area contributed by atoms with Crippen molar-refractivity contribution in [1.29, 1.82) is 0 Å². The average Bonchev–Trinajstić information content (AvgIpc) is 2.48. The van der Waals surface area contributed by atoms with Crippen molar-refractivity contribution in [2.24, 2.45) is 0 Å². The summed E-state index contributed by atoms with van der Waals surface area (Å²) in [6.07, 6.45) is 0. The molecule has 0 saturated heterocycles. The van der Waals surface area contributed by atoms with E-state index < -0.39 is 0 Å². The Balaban J connectivity index is 2.94. The van der Waals surface area contributed by atoms with Gasteiger partial charge in [0, 0.05) is 5.56 Å². The van der Waals surface area contributed by atoms with E-state index >= 15 is 0 Å². The second-order valence-electron chi connectivity index (χ2n) is 2.67. The maximum atomic E-state index is 9.44. The quantitative estimate of drug-likeness (QED) is 0.686. The van der Waals surface area contributed by atoms with Gasteiger partial charge < -0.3 is 5.11 Å². The van der Waals surface area contributed by atoms with Crippen molar-refractivity contribution in [2.75, 3.05) is 0 Å².